The minimum Gasteiger partial charge on any atom is -0.328 e. The van der Waals surface area contributed by atoms with Crippen molar-refractivity contribution in [1.29, 1.82) is 0 Å². The molecule has 0 spiro atoms. The van der Waals surface area contributed by atoms with E-state index in [0.29, 0.717) is 0 Å². The SMILES string of the molecule is CCN(CC)CCc1nccc(CC(C)N)n1. The van der Waals surface area contributed by atoms with Gasteiger partial charge < -0.3 is 10.6 Å². The summed E-state index contributed by atoms with van der Waals surface area (Å²) in [5.74, 6) is 0.926. The molecule has 0 aliphatic heterocycles. The number of likely N-dealkylation sites (N-methyl/N-ethyl adjacent to an activating group) is 1. The number of hydrogen-bond donors (Lipinski definition) is 1. The lowest BCUT2D eigenvalue weighted by molar-refractivity contribution is 0.305. The van der Waals surface area contributed by atoms with E-state index in [4.69, 9.17) is 5.73 Å². The van der Waals surface area contributed by atoms with Gasteiger partial charge in [-0.15, -0.1) is 0 Å². The molecule has 0 saturated heterocycles. The van der Waals surface area contributed by atoms with E-state index in [2.05, 4.69) is 28.7 Å². The molecule has 4 nitrogen and oxygen atoms in total. The molecular formula is C13H24N4. The highest BCUT2D eigenvalue weighted by Gasteiger charge is 2.04. The third-order valence-electron chi connectivity index (χ3n) is 2.84. The van der Waals surface area contributed by atoms with Crippen LogP contribution in [0.2, 0.25) is 0 Å². The van der Waals surface area contributed by atoms with Gasteiger partial charge >= 0.3 is 0 Å². The minimum atomic E-state index is 0.153. The fourth-order valence-corrected chi connectivity index (χ4v) is 1.80. The van der Waals surface area contributed by atoms with Crippen LogP contribution in [-0.2, 0) is 12.8 Å². The number of nitrogens with two attached hydrogens (primary N) is 1. The molecule has 2 N–H and O–H groups in total. The predicted octanol–water partition coefficient (Wildman–Crippen LogP) is 1.25. The molecule has 4 heteroatoms. The van der Waals surface area contributed by atoms with Crippen LogP contribution in [0.15, 0.2) is 12.3 Å². The molecule has 0 amide bonds. The van der Waals surface area contributed by atoms with Crippen LogP contribution < -0.4 is 5.73 Å². The summed E-state index contributed by atoms with van der Waals surface area (Å²) in [6.45, 7) is 9.53. The fraction of sp³-hybridized carbons (Fsp3) is 0.692. The Morgan fingerprint density at radius 3 is 2.65 bits per heavy atom. The molecule has 1 aromatic heterocycles. The van der Waals surface area contributed by atoms with Crippen LogP contribution in [0.4, 0.5) is 0 Å². The highest BCUT2D eigenvalue weighted by molar-refractivity contribution is 5.04. The summed E-state index contributed by atoms with van der Waals surface area (Å²) in [6.07, 6.45) is 3.57. The van der Waals surface area contributed by atoms with E-state index in [-0.39, 0.29) is 6.04 Å². The van der Waals surface area contributed by atoms with E-state index >= 15 is 0 Å². The molecule has 0 aliphatic carbocycles. The summed E-state index contributed by atoms with van der Waals surface area (Å²) in [5, 5.41) is 0. The third kappa shape index (κ3) is 5.24. The van der Waals surface area contributed by atoms with Crippen molar-refractivity contribution in [2.24, 2.45) is 5.73 Å². The number of hydrogen-bond acceptors (Lipinski definition) is 4. The standard InChI is InChI=1S/C13H24N4/c1-4-17(5-2)9-7-13-15-8-6-12(16-13)10-11(3)14/h6,8,11H,4-5,7,9-10,14H2,1-3H3. The highest BCUT2D eigenvalue weighted by atomic mass is 15.1. The lowest BCUT2D eigenvalue weighted by Gasteiger charge is -2.17. The van der Waals surface area contributed by atoms with Gasteiger partial charge in [-0.2, -0.15) is 0 Å². The molecule has 1 unspecified atom stereocenters. The topological polar surface area (TPSA) is 55.0 Å². The maximum Gasteiger partial charge on any atom is 0.129 e. The average Bonchev–Trinajstić information content (AvgIpc) is 2.30. The Hall–Kier alpha value is -1.00. The summed E-state index contributed by atoms with van der Waals surface area (Å²) < 4.78 is 0. The Morgan fingerprint density at radius 1 is 1.35 bits per heavy atom. The number of nitrogens with zero attached hydrogens (tertiary/aromatic N) is 3. The Labute approximate surface area is 104 Å². The van der Waals surface area contributed by atoms with Gasteiger partial charge in [-0.1, -0.05) is 13.8 Å². The van der Waals surface area contributed by atoms with Gasteiger partial charge in [0.05, 0.1) is 0 Å². The smallest absolute Gasteiger partial charge is 0.129 e. The second-order valence-electron chi connectivity index (χ2n) is 4.42. The number of aromatic nitrogens is 2. The van der Waals surface area contributed by atoms with Crippen LogP contribution >= 0.6 is 0 Å². The molecule has 96 valence electrons. The molecule has 0 aliphatic rings. The van der Waals surface area contributed by atoms with Crippen molar-refractivity contribution < 1.29 is 0 Å². The summed E-state index contributed by atoms with van der Waals surface area (Å²) in [6, 6.07) is 2.10. The van der Waals surface area contributed by atoms with Crippen molar-refractivity contribution in [3.63, 3.8) is 0 Å². The van der Waals surface area contributed by atoms with Crippen molar-refractivity contribution in [2.75, 3.05) is 19.6 Å². The summed E-state index contributed by atoms with van der Waals surface area (Å²) in [7, 11) is 0. The Kier molecular flexibility index (Phi) is 6.08. The molecule has 17 heavy (non-hydrogen) atoms. The zero-order valence-corrected chi connectivity index (χ0v) is 11.2. The van der Waals surface area contributed by atoms with Gasteiger partial charge in [0.1, 0.15) is 5.82 Å². The van der Waals surface area contributed by atoms with Crippen LogP contribution in [0.25, 0.3) is 0 Å². The van der Waals surface area contributed by atoms with Crippen LogP contribution in [0.5, 0.6) is 0 Å². The molecule has 1 rings (SSSR count). The van der Waals surface area contributed by atoms with E-state index in [1.807, 2.05) is 19.2 Å². The van der Waals surface area contributed by atoms with Crippen molar-refractivity contribution in [3.8, 4) is 0 Å². The zero-order valence-electron chi connectivity index (χ0n) is 11.2. The molecule has 0 saturated carbocycles. The molecular weight excluding hydrogens is 212 g/mol. The first-order chi connectivity index (χ1) is 8.15. The van der Waals surface area contributed by atoms with Crippen LogP contribution in [0.3, 0.4) is 0 Å². The van der Waals surface area contributed by atoms with Gasteiger partial charge in [0, 0.05) is 37.3 Å². The molecule has 0 bridgehead atoms. The Bertz CT molecular complexity index is 321. The maximum atomic E-state index is 5.77. The van der Waals surface area contributed by atoms with Crippen LogP contribution in [0.1, 0.15) is 32.3 Å². The minimum absolute atomic E-state index is 0.153. The summed E-state index contributed by atoms with van der Waals surface area (Å²) in [4.78, 5) is 11.2. The first-order valence-corrected chi connectivity index (χ1v) is 6.44. The van der Waals surface area contributed by atoms with E-state index < -0.39 is 0 Å². The Balaban J connectivity index is 2.53. The first-order valence-electron chi connectivity index (χ1n) is 6.44. The van der Waals surface area contributed by atoms with Crippen molar-refractivity contribution >= 4 is 0 Å². The van der Waals surface area contributed by atoms with E-state index in [1.165, 1.54) is 0 Å². The van der Waals surface area contributed by atoms with Gasteiger partial charge in [-0.3, -0.25) is 0 Å². The maximum absolute atomic E-state index is 5.77. The summed E-state index contributed by atoms with van der Waals surface area (Å²) in [5.41, 5.74) is 6.82. The molecule has 1 atom stereocenters. The second kappa shape index (κ2) is 7.35. The third-order valence-corrected chi connectivity index (χ3v) is 2.84. The van der Waals surface area contributed by atoms with Gasteiger partial charge in [0.15, 0.2) is 0 Å². The average molecular weight is 236 g/mol. The van der Waals surface area contributed by atoms with Gasteiger partial charge in [-0.05, 0) is 26.1 Å². The van der Waals surface area contributed by atoms with Gasteiger partial charge in [0.2, 0.25) is 0 Å². The number of rotatable bonds is 7. The highest BCUT2D eigenvalue weighted by Crippen LogP contribution is 2.01. The van der Waals surface area contributed by atoms with E-state index in [1.54, 1.807) is 0 Å². The van der Waals surface area contributed by atoms with Crippen molar-refractivity contribution in [1.82, 2.24) is 14.9 Å². The van der Waals surface area contributed by atoms with Crippen molar-refractivity contribution in [2.45, 2.75) is 39.7 Å². The lowest BCUT2D eigenvalue weighted by Crippen LogP contribution is -2.26. The second-order valence-corrected chi connectivity index (χ2v) is 4.42. The first kappa shape index (κ1) is 14.1. The van der Waals surface area contributed by atoms with Crippen LogP contribution in [-0.4, -0.2) is 40.5 Å². The largest absolute Gasteiger partial charge is 0.328 e. The lowest BCUT2D eigenvalue weighted by atomic mass is 10.2. The van der Waals surface area contributed by atoms with Gasteiger partial charge in [-0.25, -0.2) is 9.97 Å². The molecule has 0 radical (unpaired) electrons. The van der Waals surface area contributed by atoms with E-state index in [9.17, 15) is 0 Å². The van der Waals surface area contributed by atoms with E-state index in [0.717, 1.165) is 44.0 Å². The van der Waals surface area contributed by atoms with Crippen LogP contribution in [0, 0.1) is 0 Å². The predicted molar refractivity (Wildman–Crippen MR) is 70.9 cm³/mol. The Morgan fingerprint density at radius 2 is 2.06 bits per heavy atom. The molecule has 1 aromatic rings. The molecule has 1 heterocycles. The zero-order chi connectivity index (χ0) is 12.7. The normalized spacial score (nSPS) is 13.0. The monoisotopic (exact) mass is 236 g/mol. The van der Waals surface area contributed by atoms with Gasteiger partial charge in [0.25, 0.3) is 0 Å². The van der Waals surface area contributed by atoms with Crippen molar-refractivity contribution in [3.05, 3.63) is 23.8 Å². The molecule has 0 fully saturated rings. The summed E-state index contributed by atoms with van der Waals surface area (Å²) >= 11 is 0. The fourth-order valence-electron chi connectivity index (χ4n) is 1.80. The molecule has 0 aromatic carbocycles. The quantitative estimate of drug-likeness (QED) is 0.774.